The molecule has 2 heterocycles. The molecular formula is C16H17FN2O3S. The summed E-state index contributed by atoms with van der Waals surface area (Å²) >= 11 is 1.29. The molecule has 2 unspecified atom stereocenters. The summed E-state index contributed by atoms with van der Waals surface area (Å²) in [6.07, 6.45) is 2.31. The number of carbonyl (C=O) groups excluding carboxylic acids is 1. The third-order valence-corrected chi connectivity index (χ3v) is 4.76. The molecule has 0 radical (unpaired) electrons. The first-order chi connectivity index (χ1) is 11.1. The number of carbonyl (C=O) groups is 1. The highest BCUT2D eigenvalue weighted by Crippen LogP contribution is 2.31. The Bertz CT molecular complexity index is 685. The normalized spacial score (nSPS) is 18.8. The lowest BCUT2D eigenvalue weighted by Gasteiger charge is -2.12. The van der Waals surface area contributed by atoms with Crippen LogP contribution in [0.2, 0.25) is 0 Å². The zero-order valence-electron chi connectivity index (χ0n) is 12.4. The molecule has 2 atom stereocenters. The number of aliphatic hydroxyl groups excluding tert-OH is 1. The summed E-state index contributed by atoms with van der Waals surface area (Å²) in [6.45, 7) is 0.660. The van der Waals surface area contributed by atoms with E-state index in [0.717, 1.165) is 24.5 Å². The molecule has 1 aliphatic heterocycles. The van der Waals surface area contributed by atoms with E-state index < -0.39 is 11.9 Å². The van der Waals surface area contributed by atoms with E-state index in [0.29, 0.717) is 4.88 Å². The molecule has 1 fully saturated rings. The number of nitrogens with one attached hydrogen (secondary N) is 1. The van der Waals surface area contributed by atoms with Gasteiger partial charge in [-0.1, -0.05) is 18.2 Å². The van der Waals surface area contributed by atoms with Gasteiger partial charge in [0.05, 0.1) is 12.3 Å². The molecule has 0 bridgehead atoms. The Morgan fingerprint density at radius 1 is 1.52 bits per heavy atom. The molecule has 0 saturated carbocycles. The monoisotopic (exact) mass is 336 g/mol. The predicted molar refractivity (Wildman–Crippen MR) is 83.7 cm³/mol. The van der Waals surface area contributed by atoms with E-state index >= 15 is 0 Å². The zero-order valence-corrected chi connectivity index (χ0v) is 13.2. The predicted octanol–water partition coefficient (Wildman–Crippen LogP) is 2.60. The van der Waals surface area contributed by atoms with Gasteiger partial charge in [0, 0.05) is 18.7 Å². The van der Waals surface area contributed by atoms with Gasteiger partial charge in [-0.05, 0) is 18.9 Å². The number of halogens is 1. The Balaban J connectivity index is 1.58. The summed E-state index contributed by atoms with van der Waals surface area (Å²) in [7, 11) is 0. The molecule has 2 N–H and O–H groups in total. The Hall–Kier alpha value is -1.83. The molecular weight excluding hydrogens is 319 g/mol. The van der Waals surface area contributed by atoms with E-state index in [1.807, 2.05) is 0 Å². The number of amides is 1. The summed E-state index contributed by atoms with van der Waals surface area (Å²) in [5.74, 6) is -0.824. The Kier molecular flexibility index (Phi) is 5.00. The average molecular weight is 336 g/mol. The third kappa shape index (κ3) is 3.74. The first kappa shape index (κ1) is 16.0. The first-order valence-electron chi connectivity index (χ1n) is 7.43. The molecule has 2 aromatic rings. The maximum atomic E-state index is 13.6. The summed E-state index contributed by atoms with van der Waals surface area (Å²) < 4.78 is 19.1. The molecule has 1 aromatic heterocycles. The van der Waals surface area contributed by atoms with Crippen LogP contribution in [0.4, 0.5) is 4.39 Å². The van der Waals surface area contributed by atoms with Crippen molar-refractivity contribution in [3.05, 3.63) is 51.7 Å². The molecule has 0 spiro atoms. The Morgan fingerprint density at radius 3 is 3.09 bits per heavy atom. The van der Waals surface area contributed by atoms with Crippen LogP contribution in [0.3, 0.4) is 0 Å². The van der Waals surface area contributed by atoms with Crippen molar-refractivity contribution >= 4 is 17.2 Å². The number of aliphatic hydroxyl groups is 1. The smallest absolute Gasteiger partial charge is 0.263 e. The van der Waals surface area contributed by atoms with Gasteiger partial charge in [0.1, 0.15) is 21.8 Å². The van der Waals surface area contributed by atoms with E-state index in [1.165, 1.54) is 29.7 Å². The minimum Gasteiger partial charge on any atom is -0.386 e. The van der Waals surface area contributed by atoms with Crippen LogP contribution in [-0.4, -0.2) is 29.1 Å². The number of rotatable bonds is 5. The molecule has 1 aliphatic rings. The SMILES string of the molecule is O=C(NCC(O)c1ccccc1F)c1cnc(C2CCCO2)s1. The van der Waals surface area contributed by atoms with Crippen LogP contribution in [-0.2, 0) is 4.74 Å². The number of thiazole rings is 1. The summed E-state index contributed by atoms with van der Waals surface area (Å²) in [5, 5.41) is 13.4. The van der Waals surface area contributed by atoms with E-state index in [9.17, 15) is 14.3 Å². The first-order valence-corrected chi connectivity index (χ1v) is 8.25. The Morgan fingerprint density at radius 2 is 2.35 bits per heavy atom. The topological polar surface area (TPSA) is 71.5 Å². The van der Waals surface area contributed by atoms with E-state index in [2.05, 4.69) is 10.3 Å². The van der Waals surface area contributed by atoms with Crippen molar-refractivity contribution in [1.82, 2.24) is 10.3 Å². The van der Waals surface area contributed by atoms with Gasteiger partial charge in [0.15, 0.2) is 0 Å². The largest absolute Gasteiger partial charge is 0.386 e. The highest BCUT2D eigenvalue weighted by atomic mass is 32.1. The van der Waals surface area contributed by atoms with Gasteiger partial charge in [-0.25, -0.2) is 9.37 Å². The van der Waals surface area contributed by atoms with Gasteiger partial charge < -0.3 is 15.2 Å². The van der Waals surface area contributed by atoms with Crippen molar-refractivity contribution in [2.75, 3.05) is 13.2 Å². The molecule has 122 valence electrons. The van der Waals surface area contributed by atoms with Gasteiger partial charge in [0.25, 0.3) is 5.91 Å². The van der Waals surface area contributed by atoms with Crippen LogP contribution < -0.4 is 5.32 Å². The lowest BCUT2D eigenvalue weighted by atomic mass is 10.1. The molecule has 3 rings (SSSR count). The number of nitrogens with zero attached hydrogens (tertiary/aromatic N) is 1. The molecule has 1 aromatic carbocycles. The van der Waals surface area contributed by atoms with Crippen LogP contribution in [0.5, 0.6) is 0 Å². The zero-order chi connectivity index (χ0) is 16.2. The minimum atomic E-state index is -1.09. The van der Waals surface area contributed by atoms with Crippen molar-refractivity contribution < 1.29 is 19.0 Å². The number of ether oxygens (including phenoxy) is 1. The number of benzene rings is 1. The van der Waals surface area contributed by atoms with Gasteiger partial charge in [0.2, 0.25) is 0 Å². The second-order valence-electron chi connectivity index (χ2n) is 5.31. The molecule has 1 saturated heterocycles. The van der Waals surface area contributed by atoms with Crippen molar-refractivity contribution in [1.29, 1.82) is 0 Å². The fraction of sp³-hybridized carbons (Fsp3) is 0.375. The maximum absolute atomic E-state index is 13.6. The van der Waals surface area contributed by atoms with Gasteiger partial charge >= 0.3 is 0 Å². The van der Waals surface area contributed by atoms with E-state index in [1.54, 1.807) is 12.1 Å². The van der Waals surface area contributed by atoms with Crippen molar-refractivity contribution in [3.8, 4) is 0 Å². The minimum absolute atomic E-state index is 0.0226. The molecule has 23 heavy (non-hydrogen) atoms. The molecule has 5 nitrogen and oxygen atoms in total. The van der Waals surface area contributed by atoms with Crippen molar-refractivity contribution in [3.63, 3.8) is 0 Å². The van der Waals surface area contributed by atoms with Crippen LogP contribution in [0.25, 0.3) is 0 Å². The number of hydrogen-bond acceptors (Lipinski definition) is 5. The van der Waals surface area contributed by atoms with Crippen LogP contribution in [0, 0.1) is 5.82 Å². The highest BCUT2D eigenvalue weighted by Gasteiger charge is 2.22. The average Bonchev–Trinajstić information content (AvgIpc) is 3.23. The summed E-state index contributed by atoms with van der Waals surface area (Å²) in [5.41, 5.74) is 0.164. The summed E-state index contributed by atoms with van der Waals surface area (Å²) in [4.78, 5) is 16.8. The molecule has 7 heteroatoms. The van der Waals surface area contributed by atoms with Crippen LogP contribution >= 0.6 is 11.3 Å². The van der Waals surface area contributed by atoms with Crippen LogP contribution in [0.1, 0.15) is 45.3 Å². The lowest BCUT2D eigenvalue weighted by Crippen LogP contribution is -2.28. The number of hydrogen-bond donors (Lipinski definition) is 2. The fourth-order valence-electron chi connectivity index (χ4n) is 2.45. The third-order valence-electron chi connectivity index (χ3n) is 3.67. The van der Waals surface area contributed by atoms with E-state index in [4.69, 9.17) is 4.74 Å². The van der Waals surface area contributed by atoms with Gasteiger partial charge in [-0.3, -0.25) is 4.79 Å². The van der Waals surface area contributed by atoms with Crippen molar-refractivity contribution in [2.24, 2.45) is 0 Å². The molecule has 1 amide bonds. The van der Waals surface area contributed by atoms with E-state index in [-0.39, 0.29) is 24.1 Å². The highest BCUT2D eigenvalue weighted by molar-refractivity contribution is 7.13. The second-order valence-corrected chi connectivity index (χ2v) is 6.37. The lowest BCUT2D eigenvalue weighted by molar-refractivity contribution is 0.0918. The maximum Gasteiger partial charge on any atom is 0.263 e. The van der Waals surface area contributed by atoms with Gasteiger partial charge in [-0.15, -0.1) is 11.3 Å². The van der Waals surface area contributed by atoms with Crippen molar-refractivity contribution in [2.45, 2.75) is 25.0 Å². The summed E-state index contributed by atoms with van der Waals surface area (Å²) in [6, 6.07) is 5.96. The standard InChI is InChI=1S/C16H17FN2O3S/c17-11-5-2-1-4-10(11)12(20)8-18-15(21)14-9-19-16(23-14)13-6-3-7-22-13/h1-2,4-5,9,12-13,20H,3,6-8H2,(H,18,21). The fourth-order valence-corrected chi connectivity index (χ4v) is 3.36. The van der Waals surface area contributed by atoms with Gasteiger partial charge in [-0.2, -0.15) is 0 Å². The second kappa shape index (κ2) is 7.16. The Labute approximate surface area is 137 Å². The quantitative estimate of drug-likeness (QED) is 0.880. The van der Waals surface area contributed by atoms with Crippen LogP contribution in [0.15, 0.2) is 30.5 Å². The number of aromatic nitrogens is 1. The molecule has 0 aliphatic carbocycles.